The van der Waals surface area contributed by atoms with Crippen LogP contribution in [0.2, 0.25) is 0 Å². The van der Waals surface area contributed by atoms with Crippen molar-refractivity contribution in [2.24, 2.45) is 0 Å². The van der Waals surface area contributed by atoms with E-state index >= 15 is 0 Å². The molecule has 9 heavy (non-hydrogen) atoms. The fourth-order valence-electron chi connectivity index (χ4n) is 0.391. The van der Waals surface area contributed by atoms with Crippen LogP contribution in [-0.4, -0.2) is 17.7 Å². The van der Waals surface area contributed by atoms with Crippen molar-refractivity contribution in [2.75, 3.05) is 6.66 Å². The Kier molecular flexibility index (Phi) is 7.52. The SMILES string of the molecule is CC(C)OP(C)(=O)O.[Gd]. The molecule has 1 N–H and O–H groups in total. The van der Waals surface area contributed by atoms with Gasteiger partial charge in [0, 0.05) is 46.6 Å². The maximum absolute atomic E-state index is 10.4. The van der Waals surface area contributed by atoms with E-state index in [2.05, 4.69) is 4.52 Å². The molecule has 0 heterocycles. The third-order valence-electron chi connectivity index (χ3n) is 0.406. The molecule has 0 spiro atoms. The van der Waals surface area contributed by atoms with Gasteiger partial charge in [0.15, 0.2) is 0 Å². The van der Waals surface area contributed by atoms with Crippen molar-refractivity contribution in [3.63, 3.8) is 0 Å². The molecule has 0 bridgehead atoms. The molecule has 1 atom stereocenters. The zero-order valence-electron chi connectivity index (χ0n) is 5.64. The van der Waals surface area contributed by atoms with Gasteiger partial charge in [0.2, 0.25) is 0 Å². The van der Waals surface area contributed by atoms with Crippen LogP contribution >= 0.6 is 7.60 Å². The van der Waals surface area contributed by atoms with Crippen molar-refractivity contribution < 1.29 is 53.9 Å². The average molecular weight is 295 g/mol. The molecule has 0 saturated carbocycles. The van der Waals surface area contributed by atoms with Crippen molar-refractivity contribution in [2.45, 2.75) is 20.0 Å². The Bertz CT molecular complexity index is 108. The van der Waals surface area contributed by atoms with Crippen LogP contribution in [0.15, 0.2) is 0 Å². The standard InChI is InChI=1S/C4H11O3P.Gd/c1-4(2)7-8(3,5)6;/h4H,1-3H3,(H,5,6);. The van der Waals surface area contributed by atoms with E-state index in [1.165, 1.54) is 6.66 Å². The van der Waals surface area contributed by atoms with E-state index in [1.807, 2.05) is 0 Å². The van der Waals surface area contributed by atoms with Crippen LogP contribution in [-0.2, 0) is 9.09 Å². The van der Waals surface area contributed by atoms with Crippen molar-refractivity contribution >= 4 is 7.60 Å². The van der Waals surface area contributed by atoms with Crippen LogP contribution in [0.3, 0.4) is 0 Å². The first-order chi connectivity index (χ1) is 3.42. The number of hydrogen-bond acceptors (Lipinski definition) is 2. The molecule has 5 heteroatoms. The summed E-state index contributed by atoms with van der Waals surface area (Å²) in [6.45, 7) is 4.60. The first-order valence-electron chi connectivity index (χ1n) is 2.40. The Morgan fingerprint density at radius 1 is 1.56 bits per heavy atom. The Labute approximate surface area is 87.4 Å². The topological polar surface area (TPSA) is 46.5 Å². The van der Waals surface area contributed by atoms with E-state index < -0.39 is 7.60 Å². The van der Waals surface area contributed by atoms with Gasteiger partial charge in [0.05, 0.1) is 6.10 Å². The molecule has 3 nitrogen and oxygen atoms in total. The quantitative estimate of drug-likeness (QED) is 0.779. The number of rotatable bonds is 2. The van der Waals surface area contributed by atoms with Gasteiger partial charge in [0.1, 0.15) is 0 Å². The molecule has 0 rings (SSSR count). The third-order valence-corrected chi connectivity index (χ3v) is 1.22. The predicted molar refractivity (Wildman–Crippen MR) is 32.0 cm³/mol. The fraction of sp³-hybridized carbons (Fsp3) is 1.00. The average Bonchev–Trinajstić information content (AvgIpc) is 1.21. The normalized spacial score (nSPS) is 16.6. The predicted octanol–water partition coefficient (Wildman–Crippen LogP) is 1.23. The molecular weight excluding hydrogens is 284 g/mol. The first kappa shape index (κ1) is 13.1. The maximum atomic E-state index is 10.4. The van der Waals surface area contributed by atoms with E-state index in [4.69, 9.17) is 4.89 Å². The van der Waals surface area contributed by atoms with Crippen LogP contribution in [0.1, 0.15) is 13.8 Å². The van der Waals surface area contributed by atoms with Gasteiger partial charge in [-0.25, -0.2) is 0 Å². The van der Waals surface area contributed by atoms with E-state index in [1.54, 1.807) is 13.8 Å². The monoisotopic (exact) mass is 296 g/mol. The summed E-state index contributed by atoms with van der Waals surface area (Å²) in [7, 11) is -3.22. The molecular formula is C4H11GdO3P. The molecule has 0 aliphatic carbocycles. The van der Waals surface area contributed by atoms with Gasteiger partial charge in [-0.2, -0.15) is 0 Å². The second-order valence-corrected chi connectivity index (χ2v) is 3.77. The van der Waals surface area contributed by atoms with Crippen molar-refractivity contribution in [3.05, 3.63) is 0 Å². The molecule has 0 aromatic rings. The largest absolute Gasteiger partial charge is 0.325 e. The van der Waals surface area contributed by atoms with Crippen LogP contribution in [0.4, 0.5) is 0 Å². The molecule has 0 fully saturated rings. The summed E-state index contributed by atoms with van der Waals surface area (Å²) in [5, 5.41) is 0. The van der Waals surface area contributed by atoms with Crippen LogP contribution < -0.4 is 0 Å². The third kappa shape index (κ3) is 12.6. The molecule has 0 aromatic carbocycles. The minimum absolute atomic E-state index is 0. The van der Waals surface area contributed by atoms with Crippen LogP contribution in [0, 0.1) is 39.9 Å². The summed E-state index contributed by atoms with van der Waals surface area (Å²) in [4.78, 5) is 8.52. The van der Waals surface area contributed by atoms with Crippen molar-refractivity contribution in [1.82, 2.24) is 0 Å². The maximum Gasteiger partial charge on any atom is 0.325 e. The van der Waals surface area contributed by atoms with Gasteiger partial charge >= 0.3 is 7.60 Å². The van der Waals surface area contributed by atoms with Gasteiger partial charge in [-0.05, 0) is 13.8 Å². The second-order valence-electron chi connectivity index (χ2n) is 1.96. The van der Waals surface area contributed by atoms with Crippen molar-refractivity contribution in [1.29, 1.82) is 0 Å². The van der Waals surface area contributed by atoms with Gasteiger partial charge in [-0.3, -0.25) is 4.57 Å². The molecule has 58 valence electrons. The van der Waals surface area contributed by atoms with Crippen LogP contribution in [0.25, 0.3) is 0 Å². The van der Waals surface area contributed by atoms with Gasteiger partial charge in [-0.1, -0.05) is 0 Å². The summed E-state index contributed by atoms with van der Waals surface area (Å²) in [5.74, 6) is 0. The zero-order chi connectivity index (χ0) is 6.78. The zero-order valence-corrected chi connectivity index (χ0v) is 8.80. The Morgan fingerprint density at radius 2 is 1.89 bits per heavy atom. The summed E-state index contributed by atoms with van der Waals surface area (Å²) in [6, 6.07) is 0. The molecule has 0 amide bonds. The Morgan fingerprint density at radius 3 is 1.89 bits per heavy atom. The Balaban J connectivity index is 0. The molecule has 0 radical (unpaired) electrons. The summed E-state index contributed by atoms with van der Waals surface area (Å²) >= 11 is 0. The van der Waals surface area contributed by atoms with Gasteiger partial charge < -0.3 is 9.42 Å². The van der Waals surface area contributed by atoms with Crippen molar-refractivity contribution in [3.8, 4) is 0 Å². The summed E-state index contributed by atoms with van der Waals surface area (Å²) in [6.07, 6.45) is -0.171. The van der Waals surface area contributed by atoms with E-state index in [0.29, 0.717) is 0 Å². The van der Waals surface area contributed by atoms with E-state index in [9.17, 15) is 4.57 Å². The molecule has 0 aliphatic rings. The smallest absolute Gasteiger partial charge is 0.324 e. The molecule has 0 aliphatic heterocycles. The minimum atomic E-state index is -3.22. The second kappa shape index (κ2) is 5.17. The van der Waals surface area contributed by atoms with E-state index in [0.717, 1.165) is 0 Å². The fourth-order valence-corrected chi connectivity index (χ4v) is 1.17. The van der Waals surface area contributed by atoms with Gasteiger partial charge in [-0.15, -0.1) is 0 Å². The summed E-state index contributed by atoms with van der Waals surface area (Å²) in [5.41, 5.74) is 0. The Hall–Kier alpha value is 1.47. The van der Waals surface area contributed by atoms with Crippen LogP contribution in [0.5, 0.6) is 0 Å². The molecule has 1 unspecified atom stereocenters. The first-order valence-corrected chi connectivity index (χ1v) is 4.43. The molecule has 0 saturated heterocycles. The minimum Gasteiger partial charge on any atom is -0.324 e. The number of hydrogen-bond donors (Lipinski definition) is 1. The summed E-state index contributed by atoms with van der Waals surface area (Å²) < 4.78 is 14.9. The molecule has 0 aromatic heterocycles. The van der Waals surface area contributed by atoms with E-state index in [-0.39, 0.29) is 46.0 Å². The van der Waals surface area contributed by atoms with Gasteiger partial charge in [0.25, 0.3) is 0 Å².